The molecular formula is C20H22N4O. The first-order chi connectivity index (χ1) is 11.8. The first-order valence-corrected chi connectivity index (χ1v) is 8.15. The van der Waals surface area contributed by atoms with Crippen molar-refractivity contribution in [1.29, 1.82) is 5.26 Å². The van der Waals surface area contributed by atoms with Crippen molar-refractivity contribution in [1.82, 2.24) is 9.55 Å². The second-order valence-electron chi connectivity index (χ2n) is 6.41. The molecule has 0 saturated heterocycles. The molecule has 0 aliphatic carbocycles. The SMILES string of the molecule is COc1ccc(C)c(-n2c(N)c(C#N)c3c(C)c(C)c(C)nc32)c1C. The topological polar surface area (TPSA) is 76.9 Å². The fourth-order valence-electron chi connectivity index (χ4n) is 3.46. The van der Waals surface area contributed by atoms with E-state index in [1.807, 2.05) is 51.3 Å². The third kappa shape index (κ3) is 2.25. The van der Waals surface area contributed by atoms with E-state index in [2.05, 4.69) is 6.07 Å². The smallest absolute Gasteiger partial charge is 0.148 e. The molecule has 2 aromatic heterocycles. The summed E-state index contributed by atoms with van der Waals surface area (Å²) in [5.41, 5.74) is 13.6. The van der Waals surface area contributed by atoms with E-state index >= 15 is 0 Å². The van der Waals surface area contributed by atoms with Gasteiger partial charge in [0.05, 0.1) is 12.8 Å². The molecule has 2 N–H and O–H groups in total. The van der Waals surface area contributed by atoms with E-state index in [9.17, 15) is 5.26 Å². The number of methoxy groups -OCH3 is 1. The summed E-state index contributed by atoms with van der Waals surface area (Å²) in [5, 5.41) is 10.5. The maximum absolute atomic E-state index is 9.70. The molecule has 25 heavy (non-hydrogen) atoms. The predicted octanol–water partition coefficient (Wildman–Crippen LogP) is 4.03. The molecule has 5 heteroatoms. The maximum atomic E-state index is 9.70. The normalized spacial score (nSPS) is 10.9. The Hall–Kier alpha value is -3.00. The van der Waals surface area contributed by atoms with Crippen LogP contribution in [0.2, 0.25) is 0 Å². The molecule has 0 amide bonds. The van der Waals surface area contributed by atoms with Crippen LogP contribution in [-0.2, 0) is 0 Å². The summed E-state index contributed by atoms with van der Waals surface area (Å²) in [4.78, 5) is 4.77. The Morgan fingerprint density at radius 1 is 1.08 bits per heavy atom. The van der Waals surface area contributed by atoms with Crippen LogP contribution in [0.3, 0.4) is 0 Å². The zero-order chi connectivity index (χ0) is 18.5. The summed E-state index contributed by atoms with van der Waals surface area (Å²) in [7, 11) is 1.65. The number of nitrogens with two attached hydrogens (primary N) is 1. The molecule has 0 aliphatic rings. The Bertz CT molecular complexity index is 1050. The zero-order valence-corrected chi connectivity index (χ0v) is 15.5. The van der Waals surface area contributed by atoms with Crippen LogP contribution in [0.25, 0.3) is 16.7 Å². The van der Waals surface area contributed by atoms with Crippen molar-refractivity contribution in [3.63, 3.8) is 0 Å². The van der Waals surface area contributed by atoms with Crippen molar-refractivity contribution in [3.8, 4) is 17.5 Å². The van der Waals surface area contributed by atoms with Crippen molar-refractivity contribution in [3.05, 3.63) is 45.6 Å². The molecule has 0 atom stereocenters. The molecule has 128 valence electrons. The third-order valence-corrected chi connectivity index (χ3v) is 5.07. The van der Waals surface area contributed by atoms with Crippen molar-refractivity contribution in [2.24, 2.45) is 0 Å². The number of rotatable bonds is 2. The number of nitriles is 1. The molecule has 2 heterocycles. The highest BCUT2D eigenvalue weighted by Gasteiger charge is 2.23. The standard InChI is InChI=1S/C20H22N4O/c1-10-7-8-16(25-6)13(4)18(10)24-19(22)15(9-21)17-12(3)11(2)14(5)23-20(17)24/h7-8H,22H2,1-6H3. The van der Waals surface area contributed by atoms with Crippen LogP contribution in [0.5, 0.6) is 5.75 Å². The molecule has 0 unspecified atom stereocenters. The number of aryl methyl sites for hydroxylation is 3. The lowest BCUT2D eigenvalue weighted by molar-refractivity contribution is 0.411. The number of fused-ring (bicyclic) bond motifs is 1. The molecule has 3 aromatic rings. The maximum Gasteiger partial charge on any atom is 0.148 e. The van der Waals surface area contributed by atoms with Crippen LogP contribution in [0, 0.1) is 45.9 Å². The largest absolute Gasteiger partial charge is 0.496 e. The Morgan fingerprint density at radius 3 is 2.36 bits per heavy atom. The lowest BCUT2D eigenvalue weighted by Crippen LogP contribution is -2.07. The summed E-state index contributed by atoms with van der Waals surface area (Å²) in [5.74, 6) is 1.19. The molecule has 0 bridgehead atoms. The average Bonchev–Trinajstić information content (AvgIpc) is 2.85. The highest BCUT2D eigenvalue weighted by atomic mass is 16.5. The van der Waals surface area contributed by atoms with Crippen molar-refractivity contribution in [2.75, 3.05) is 12.8 Å². The predicted molar refractivity (Wildman–Crippen MR) is 100 cm³/mol. The number of benzene rings is 1. The fraction of sp³-hybridized carbons (Fsp3) is 0.300. The van der Waals surface area contributed by atoms with E-state index in [0.29, 0.717) is 17.0 Å². The van der Waals surface area contributed by atoms with Crippen LogP contribution in [0.1, 0.15) is 33.5 Å². The lowest BCUT2D eigenvalue weighted by atomic mass is 10.0. The number of ether oxygens (including phenoxy) is 1. The first kappa shape index (κ1) is 16.8. The van der Waals surface area contributed by atoms with Crippen LogP contribution in [0.15, 0.2) is 12.1 Å². The Morgan fingerprint density at radius 2 is 1.76 bits per heavy atom. The van der Waals surface area contributed by atoms with E-state index in [-0.39, 0.29) is 0 Å². The molecule has 3 rings (SSSR count). The second-order valence-corrected chi connectivity index (χ2v) is 6.41. The van der Waals surface area contributed by atoms with Gasteiger partial charge in [-0.05, 0) is 57.4 Å². The van der Waals surface area contributed by atoms with Gasteiger partial charge in [0.25, 0.3) is 0 Å². The van der Waals surface area contributed by atoms with E-state index in [4.69, 9.17) is 15.5 Å². The number of anilines is 1. The van der Waals surface area contributed by atoms with Gasteiger partial charge in [-0.3, -0.25) is 4.57 Å². The minimum absolute atomic E-state index is 0.414. The molecular weight excluding hydrogens is 312 g/mol. The molecule has 0 radical (unpaired) electrons. The van der Waals surface area contributed by atoms with Crippen molar-refractivity contribution >= 4 is 16.9 Å². The molecule has 0 saturated carbocycles. The number of hydrogen-bond acceptors (Lipinski definition) is 4. The third-order valence-electron chi connectivity index (χ3n) is 5.07. The van der Waals surface area contributed by atoms with Crippen LogP contribution >= 0.6 is 0 Å². The minimum Gasteiger partial charge on any atom is -0.496 e. The fourth-order valence-corrected chi connectivity index (χ4v) is 3.46. The van der Waals surface area contributed by atoms with Gasteiger partial charge in [0.1, 0.15) is 28.8 Å². The second kappa shape index (κ2) is 5.82. The molecule has 0 spiro atoms. The Kier molecular flexibility index (Phi) is 3.92. The van der Waals surface area contributed by atoms with Gasteiger partial charge in [0, 0.05) is 16.6 Å². The van der Waals surface area contributed by atoms with Crippen LogP contribution in [-0.4, -0.2) is 16.7 Å². The summed E-state index contributed by atoms with van der Waals surface area (Å²) in [6.07, 6.45) is 0. The van der Waals surface area contributed by atoms with Gasteiger partial charge in [0.2, 0.25) is 0 Å². The number of pyridine rings is 1. The van der Waals surface area contributed by atoms with Crippen LogP contribution < -0.4 is 10.5 Å². The van der Waals surface area contributed by atoms with E-state index in [1.54, 1.807) is 7.11 Å². The minimum atomic E-state index is 0.414. The lowest BCUT2D eigenvalue weighted by Gasteiger charge is -2.17. The summed E-state index contributed by atoms with van der Waals surface area (Å²) < 4.78 is 7.36. The molecule has 0 fully saturated rings. The number of nitrogens with zero attached hydrogens (tertiary/aromatic N) is 3. The highest BCUT2D eigenvalue weighted by molar-refractivity contribution is 5.95. The van der Waals surface area contributed by atoms with E-state index in [0.717, 1.165) is 44.8 Å². The summed E-state index contributed by atoms with van der Waals surface area (Å²) in [6, 6.07) is 6.20. The molecule has 5 nitrogen and oxygen atoms in total. The Labute approximate surface area is 147 Å². The van der Waals surface area contributed by atoms with Gasteiger partial charge in [-0.25, -0.2) is 4.98 Å². The van der Waals surface area contributed by atoms with E-state index < -0.39 is 0 Å². The van der Waals surface area contributed by atoms with Gasteiger partial charge in [-0.15, -0.1) is 0 Å². The monoisotopic (exact) mass is 334 g/mol. The molecule has 0 aliphatic heterocycles. The molecule has 1 aromatic carbocycles. The van der Waals surface area contributed by atoms with Crippen LogP contribution in [0.4, 0.5) is 5.82 Å². The Balaban J connectivity index is 2.56. The average molecular weight is 334 g/mol. The summed E-state index contributed by atoms with van der Waals surface area (Å²) in [6.45, 7) is 10.0. The summed E-state index contributed by atoms with van der Waals surface area (Å²) >= 11 is 0. The van der Waals surface area contributed by atoms with Crippen molar-refractivity contribution in [2.45, 2.75) is 34.6 Å². The number of aromatic nitrogens is 2. The van der Waals surface area contributed by atoms with Gasteiger partial charge < -0.3 is 10.5 Å². The van der Waals surface area contributed by atoms with E-state index in [1.165, 1.54) is 0 Å². The number of nitrogen functional groups attached to an aromatic ring is 1. The van der Waals surface area contributed by atoms with Gasteiger partial charge >= 0.3 is 0 Å². The quantitative estimate of drug-likeness (QED) is 0.767. The van der Waals surface area contributed by atoms with Gasteiger partial charge in [-0.2, -0.15) is 5.26 Å². The van der Waals surface area contributed by atoms with Gasteiger partial charge in [0.15, 0.2) is 0 Å². The highest BCUT2D eigenvalue weighted by Crippen LogP contribution is 2.37. The van der Waals surface area contributed by atoms with Crippen molar-refractivity contribution < 1.29 is 4.74 Å². The zero-order valence-electron chi connectivity index (χ0n) is 15.5. The van der Waals surface area contributed by atoms with Gasteiger partial charge in [-0.1, -0.05) is 6.07 Å². The first-order valence-electron chi connectivity index (χ1n) is 8.15. The number of hydrogen-bond donors (Lipinski definition) is 1.